The highest BCUT2D eigenvalue weighted by molar-refractivity contribution is 5.77. The Labute approximate surface area is 129 Å². The SMILES string of the molecule is CCN1CCN(CC(C)CNC(=O)COCC(F)(F)F)CC1. The van der Waals surface area contributed by atoms with Crippen LogP contribution < -0.4 is 5.32 Å². The van der Waals surface area contributed by atoms with Crippen molar-refractivity contribution in [2.24, 2.45) is 5.92 Å². The maximum atomic E-state index is 11.9. The quantitative estimate of drug-likeness (QED) is 0.722. The highest BCUT2D eigenvalue weighted by Crippen LogP contribution is 2.14. The Balaban J connectivity index is 2.10. The third kappa shape index (κ3) is 8.55. The number of alkyl halides is 3. The molecule has 5 nitrogen and oxygen atoms in total. The van der Waals surface area contributed by atoms with E-state index < -0.39 is 25.3 Å². The fraction of sp³-hybridized carbons (Fsp3) is 0.929. The molecular weight excluding hydrogens is 299 g/mol. The van der Waals surface area contributed by atoms with Gasteiger partial charge in [-0.25, -0.2) is 0 Å². The monoisotopic (exact) mass is 325 g/mol. The van der Waals surface area contributed by atoms with Crippen molar-refractivity contribution in [2.45, 2.75) is 20.0 Å². The zero-order valence-corrected chi connectivity index (χ0v) is 13.3. The zero-order chi connectivity index (χ0) is 16.6. The summed E-state index contributed by atoms with van der Waals surface area (Å²) in [5, 5.41) is 2.61. The first kappa shape index (κ1) is 19.2. The van der Waals surface area contributed by atoms with Crippen LogP contribution in [-0.2, 0) is 9.53 Å². The van der Waals surface area contributed by atoms with E-state index in [1.165, 1.54) is 0 Å². The molecule has 8 heteroatoms. The summed E-state index contributed by atoms with van der Waals surface area (Å²) in [4.78, 5) is 16.1. The Morgan fingerprint density at radius 3 is 2.36 bits per heavy atom. The molecule has 1 atom stereocenters. The summed E-state index contributed by atoms with van der Waals surface area (Å²) in [6, 6.07) is 0. The van der Waals surface area contributed by atoms with Crippen molar-refractivity contribution in [3.63, 3.8) is 0 Å². The molecule has 22 heavy (non-hydrogen) atoms. The van der Waals surface area contributed by atoms with E-state index in [-0.39, 0.29) is 5.92 Å². The molecule has 130 valence electrons. The molecule has 1 unspecified atom stereocenters. The minimum absolute atomic E-state index is 0.250. The van der Waals surface area contributed by atoms with Crippen LogP contribution in [0.5, 0.6) is 0 Å². The summed E-state index contributed by atoms with van der Waals surface area (Å²) >= 11 is 0. The Kier molecular flexibility index (Phi) is 8.13. The van der Waals surface area contributed by atoms with Crippen molar-refractivity contribution in [1.29, 1.82) is 0 Å². The number of amides is 1. The van der Waals surface area contributed by atoms with Crippen molar-refractivity contribution >= 4 is 5.91 Å². The molecule has 1 N–H and O–H groups in total. The van der Waals surface area contributed by atoms with Crippen LogP contribution in [0, 0.1) is 5.92 Å². The Bertz CT molecular complexity index is 332. The lowest BCUT2D eigenvalue weighted by Crippen LogP contribution is -2.48. The topological polar surface area (TPSA) is 44.8 Å². The van der Waals surface area contributed by atoms with Gasteiger partial charge < -0.3 is 19.9 Å². The summed E-state index contributed by atoms with van der Waals surface area (Å²) in [6.07, 6.45) is -4.39. The molecule has 0 spiro atoms. The second-order valence-electron chi connectivity index (χ2n) is 5.75. The predicted octanol–water partition coefficient (Wildman–Crippen LogP) is 0.955. The lowest BCUT2D eigenvalue weighted by Gasteiger charge is -2.35. The number of rotatable bonds is 8. The van der Waals surface area contributed by atoms with Crippen LogP contribution in [0.1, 0.15) is 13.8 Å². The number of likely N-dealkylation sites (N-methyl/N-ethyl adjacent to an activating group) is 1. The molecule has 0 aromatic heterocycles. The molecule has 0 saturated carbocycles. The normalized spacial score (nSPS) is 19.1. The van der Waals surface area contributed by atoms with Crippen LogP contribution in [0.2, 0.25) is 0 Å². The molecule has 0 radical (unpaired) electrons. The van der Waals surface area contributed by atoms with Gasteiger partial charge in [0.05, 0.1) is 0 Å². The molecule has 1 fully saturated rings. The van der Waals surface area contributed by atoms with Crippen molar-refractivity contribution < 1.29 is 22.7 Å². The van der Waals surface area contributed by atoms with Gasteiger partial charge in [-0.05, 0) is 12.5 Å². The van der Waals surface area contributed by atoms with E-state index >= 15 is 0 Å². The number of hydrogen-bond acceptors (Lipinski definition) is 4. The Morgan fingerprint density at radius 1 is 1.23 bits per heavy atom. The molecule has 1 aliphatic heterocycles. The fourth-order valence-corrected chi connectivity index (χ4v) is 2.39. The van der Waals surface area contributed by atoms with Crippen LogP contribution >= 0.6 is 0 Å². The molecule has 1 saturated heterocycles. The van der Waals surface area contributed by atoms with Crippen LogP contribution in [0.25, 0.3) is 0 Å². The maximum absolute atomic E-state index is 11.9. The van der Waals surface area contributed by atoms with E-state index in [1.807, 2.05) is 6.92 Å². The molecule has 1 amide bonds. The Morgan fingerprint density at radius 2 is 1.82 bits per heavy atom. The van der Waals surface area contributed by atoms with Crippen molar-refractivity contribution in [3.05, 3.63) is 0 Å². The first-order valence-corrected chi connectivity index (χ1v) is 7.66. The molecule has 0 aliphatic carbocycles. The number of carbonyl (C=O) groups is 1. The van der Waals surface area contributed by atoms with E-state index in [4.69, 9.17) is 0 Å². The van der Waals surface area contributed by atoms with Gasteiger partial charge in [0.1, 0.15) is 13.2 Å². The minimum atomic E-state index is -4.39. The lowest BCUT2D eigenvalue weighted by molar-refractivity contribution is -0.175. The van der Waals surface area contributed by atoms with Gasteiger partial charge in [0, 0.05) is 39.3 Å². The number of hydrogen-bond donors (Lipinski definition) is 1. The van der Waals surface area contributed by atoms with Crippen molar-refractivity contribution in [3.8, 4) is 0 Å². The number of carbonyl (C=O) groups excluding carboxylic acids is 1. The molecule has 1 heterocycles. The third-order valence-electron chi connectivity index (χ3n) is 3.63. The molecule has 0 aromatic carbocycles. The number of halogens is 3. The molecular formula is C14H26F3N3O2. The molecule has 1 rings (SSSR count). The minimum Gasteiger partial charge on any atom is -0.362 e. The van der Waals surface area contributed by atoms with Gasteiger partial charge in [-0.3, -0.25) is 4.79 Å². The van der Waals surface area contributed by atoms with Crippen molar-refractivity contribution in [2.75, 3.05) is 59.0 Å². The number of nitrogens with zero attached hydrogens (tertiary/aromatic N) is 2. The number of nitrogens with one attached hydrogen (secondary N) is 1. The average molecular weight is 325 g/mol. The van der Waals surface area contributed by atoms with Gasteiger partial charge in [0.2, 0.25) is 5.91 Å². The highest BCUT2D eigenvalue weighted by Gasteiger charge is 2.27. The summed E-state index contributed by atoms with van der Waals surface area (Å²) in [7, 11) is 0. The zero-order valence-electron chi connectivity index (χ0n) is 13.3. The third-order valence-corrected chi connectivity index (χ3v) is 3.63. The first-order chi connectivity index (χ1) is 10.3. The van der Waals surface area contributed by atoms with E-state index in [0.29, 0.717) is 6.54 Å². The Hall–Kier alpha value is -0.860. The second kappa shape index (κ2) is 9.32. The maximum Gasteiger partial charge on any atom is 0.411 e. The standard InChI is InChI=1S/C14H26F3N3O2/c1-3-19-4-6-20(7-5-19)9-12(2)8-18-13(21)10-22-11-14(15,16)17/h12H,3-11H2,1-2H3,(H,18,21). The van der Waals surface area contributed by atoms with Gasteiger partial charge in [-0.1, -0.05) is 13.8 Å². The smallest absolute Gasteiger partial charge is 0.362 e. The number of ether oxygens (including phenoxy) is 1. The first-order valence-electron chi connectivity index (χ1n) is 7.66. The van der Waals surface area contributed by atoms with Crippen molar-refractivity contribution in [1.82, 2.24) is 15.1 Å². The largest absolute Gasteiger partial charge is 0.411 e. The van der Waals surface area contributed by atoms with Crippen LogP contribution in [0.4, 0.5) is 13.2 Å². The van der Waals surface area contributed by atoms with Gasteiger partial charge in [-0.15, -0.1) is 0 Å². The summed E-state index contributed by atoms with van der Waals surface area (Å²) in [5.74, 6) is -0.258. The predicted molar refractivity (Wildman–Crippen MR) is 77.6 cm³/mol. The fourth-order valence-electron chi connectivity index (χ4n) is 2.39. The molecule has 0 bridgehead atoms. The van der Waals surface area contributed by atoms with Gasteiger partial charge in [0.15, 0.2) is 0 Å². The summed E-state index contributed by atoms with van der Waals surface area (Å²) < 4.78 is 39.9. The van der Waals surface area contributed by atoms with E-state index in [1.54, 1.807) is 0 Å². The van der Waals surface area contributed by atoms with Gasteiger partial charge in [0.25, 0.3) is 0 Å². The van der Waals surface area contributed by atoms with E-state index in [2.05, 4.69) is 26.8 Å². The average Bonchev–Trinajstić information content (AvgIpc) is 2.44. The molecule has 1 aliphatic rings. The second-order valence-corrected chi connectivity index (χ2v) is 5.75. The van der Waals surface area contributed by atoms with E-state index in [9.17, 15) is 18.0 Å². The van der Waals surface area contributed by atoms with E-state index in [0.717, 1.165) is 39.3 Å². The van der Waals surface area contributed by atoms with Crippen LogP contribution in [0.15, 0.2) is 0 Å². The summed E-state index contributed by atoms with van der Waals surface area (Å²) in [5.41, 5.74) is 0. The van der Waals surface area contributed by atoms with Crippen LogP contribution in [-0.4, -0.2) is 80.9 Å². The van der Waals surface area contributed by atoms with Gasteiger partial charge in [-0.2, -0.15) is 13.2 Å². The van der Waals surface area contributed by atoms with Crippen LogP contribution in [0.3, 0.4) is 0 Å². The highest BCUT2D eigenvalue weighted by atomic mass is 19.4. The summed E-state index contributed by atoms with van der Waals surface area (Å²) in [6.45, 7) is 8.75. The van der Waals surface area contributed by atoms with Gasteiger partial charge >= 0.3 is 6.18 Å². The molecule has 0 aromatic rings. The number of piperazine rings is 1. The lowest BCUT2D eigenvalue weighted by atomic mass is 10.1.